The summed E-state index contributed by atoms with van der Waals surface area (Å²) in [5, 5.41) is 11.7. The molecule has 1 heterocycles. The lowest BCUT2D eigenvalue weighted by Crippen LogP contribution is -2.50. The second kappa shape index (κ2) is 4.85. The second-order valence-corrected chi connectivity index (χ2v) is 4.66. The lowest BCUT2D eigenvalue weighted by atomic mass is 9.85. The molecule has 0 spiro atoms. The summed E-state index contributed by atoms with van der Waals surface area (Å²) in [7, 11) is 0. The molecule has 5 nitrogen and oxygen atoms in total. The van der Waals surface area contributed by atoms with Gasteiger partial charge in [-0.1, -0.05) is 0 Å². The molecule has 1 saturated heterocycles. The van der Waals surface area contributed by atoms with Crippen LogP contribution in [0.5, 0.6) is 0 Å². The summed E-state index contributed by atoms with van der Waals surface area (Å²) in [6, 6.07) is -0.436. The van der Waals surface area contributed by atoms with E-state index < -0.39 is 17.4 Å². The topological polar surface area (TPSA) is 75.6 Å². The van der Waals surface area contributed by atoms with E-state index in [1.54, 1.807) is 6.92 Å². The van der Waals surface area contributed by atoms with E-state index in [9.17, 15) is 9.59 Å². The van der Waals surface area contributed by atoms with Crippen LogP contribution in [0.25, 0.3) is 0 Å². The van der Waals surface area contributed by atoms with Crippen LogP contribution >= 0.6 is 11.8 Å². The molecule has 1 aliphatic rings. The summed E-state index contributed by atoms with van der Waals surface area (Å²) in [4.78, 5) is 22.4. The highest BCUT2D eigenvalue weighted by atomic mass is 32.2. The number of amides is 1. The van der Waals surface area contributed by atoms with Crippen molar-refractivity contribution in [1.82, 2.24) is 5.32 Å². The zero-order chi connectivity index (χ0) is 11.5. The molecule has 0 aliphatic carbocycles. The lowest BCUT2D eigenvalue weighted by Gasteiger charge is -2.25. The highest BCUT2D eigenvalue weighted by Gasteiger charge is 2.47. The Hall–Kier alpha value is -0.750. The third-order valence-electron chi connectivity index (χ3n) is 2.55. The molecular formula is C9H15NO4S. The number of carbonyl (C=O) groups is 2. The number of carboxylic acid groups (broad SMARTS) is 1. The summed E-state index contributed by atoms with van der Waals surface area (Å²) in [6.45, 7) is 2.00. The van der Waals surface area contributed by atoms with E-state index in [1.165, 1.54) is 11.8 Å². The molecule has 2 unspecified atom stereocenters. The van der Waals surface area contributed by atoms with Gasteiger partial charge in [-0.15, -0.1) is 0 Å². The van der Waals surface area contributed by atoms with Crippen LogP contribution in [0.3, 0.4) is 0 Å². The van der Waals surface area contributed by atoms with E-state index in [2.05, 4.69) is 5.32 Å². The molecule has 1 amide bonds. The Labute approximate surface area is 92.6 Å². The first-order valence-electron chi connectivity index (χ1n) is 4.60. The predicted molar refractivity (Wildman–Crippen MR) is 56.9 cm³/mol. The summed E-state index contributed by atoms with van der Waals surface area (Å²) in [5.74, 6) is -0.744. The average molecular weight is 233 g/mol. The summed E-state index contributed by atoms with van der Waals surface area (Å²) < 4.78 is 5.11. The van der Waals surface area contributed by atoms with Crippen molar-refractivity contribution in [2.75, 3.05) is 25.2 Å². The molecule has 6 heteroatoms. The number of thioether (sulfide) groups is 1. The van der Waals surface area contributed by atoms with E-state index >= 15 is 0 Å². The van der Waals surface area contributed by atoms with Crippen molar-refractivity contribution >= 4 is 23.6 Å². The standard InChI is InChI=1S/C9H15NO4S/c1-9(8(12)13)5-14-3-6(9)10-7(11)4-15-2/h6H,3-5H2,1-2H3,(H,10,11)(H,12,13). The van der Waals surface area contributed by atoms with Gasteiger partial charge in [0.25, 0.3) is 0 Å². The number of carboxylic acids is 1. The molecule has 0 aromatic rings. The first kappa shape index (κ1) is 12.3. The fraction of sp³-hybridized carbons (Fsp3) is 0.778. The van der Waals surface area contributed by atoms with Gasteiger partial charge in [0, 0.05) is 0 Å². The number of aliphatic carboxylic acids is 1. The lowest BCUT2D eigenvalue weighted by molar-refractivity contribution is -0.148. The molecule has 2 atom stereocenters. The number of hydrogen-bond acceptors (Lipinski definition) is 4. The Morgan fingerprint density at radius 3 is 2.87 bits per heavy atom. The minimum absolute atomic E-state index is 0.145. The number of ether oxygens (including phenoxy) is 1. The van der Waals surface area contributed by atoms with Crippen molar-refractivity contribution in [2.45, 2.75) is 13.0 Å². The van der Waals surface area contributed by atoms with Crippen molar-refractivity contribution in [3.05, 3.63) is 0 Å². The van der Waals surface area contributed by atoms with Gasteiger partial charge in [-0.3, -0.25) is 9.59 Å². The van der Waals surface area contributed by atoms with Gasteiger partial charge in [0.05, 0.1) is 25.0 Å². The van der Waals surface area contributed by atoms with Gasteiger partial charge < -0.3 is 15.2 Å². The van der Waals surface area contributed by atoms with Crippen molar-refractivity contribution < 1.29 is 19.4 Å². The van der Waals surface area contributed by atoms with E-state index in [0.717, 1.165) is 0 Å². The molecule has 0 aromatic heterocycles. The highest BCUT2D eigenvalue weighted by Crippen LogP contribution is 2.28. The second-order valence-electron chi connectivity index (χ2n) is 3.79. The van der Waals surface area contributed by atoms with E-state index in [-0.39, 0.29) is 19.1 Å². The normalized spacial score (nSPS) is 30.1. The quantitative estimate of drug-likeness (QED) is 0.712. The minimum atomic E-state index is -1.01. The number of nitrogens with one attached hydrogen (secondary N) is 1. The molecular weight excluding hydrogens is 218 g/mol. The third-order valence-corrected chi connectivity index (χ3v) is 3.11. The first-order chi connectivity index (χ1) is 7.00. The zero-order valence-electron chi connectivity index (χ0n) is 8.78. The molecule has 0 bridgehead atoms. The van der Waals surface area contributed by atoms with Crippen molar-refractivity contribution in [2.24, 2.45) is 5.41 Å². The molecule has 0 aromatic carbocycles. The van der Waals surface area contributed by atoms with Crippen LogP contribution in [0.1, 0.15) is 6.92 Å². The van der Waals surface area contributed by atoms with Crippen LogP contribution in [0, 0.1) is 5.41 Å². The largest absolute Gasteiger partial charge is 0.481 e. The number of hydrogen-bond donors (Lipinski definition) is 2. The fourth-order valence-electron chi connectivity index (χ4n) is 1.45. The maximum absolute atomic E-state index is 11.3. The SMILES string of the molecule is CSCC(=O)NC1COCC1(C)C(=O)O. The van der Waals surface area contributed by atoms with Gasteiger partial charge in [-0.25, -0.2) is 0 Å². The third kappa shape index (κ3) is 2.63. The highest BCUT2D eigenvalue weighted by molar-refractivity contribution is 7.99. The smallest absolute Gasteiger partial charge is 0.313 e. The number of carbonyl (C=O) groups excluding carboxylic acids is 1. The van der Waals surface area contributed by atoms with E-state index in [4.69, 9.17) is 9.84 Å². The van der Waals surface area contributed by atoms with Gasteiger partial charge in [-0.05, 0) is 13.2 Å². The van der Waals surface area contributed by atoms with Crippen LogP contribution in [-0.4, -0.2) is 48.2 Å². The molecule has 1 fully saturated rings. The Morgan fingerprint density at radius 1 is 1.67 bits per heavy atom. The maximum atomic E-state index is 11.3. The molecule has 1 aliphatic heterocycles. The summed E-state index contributed by atoms with van der Waals surface area (Å²) in [6.07, 6.45) is 1.82. The van der Waals surface area contributed by atoms with Gasteiger partial charge in [-0.2, -0.15) is 11.8 Å². The monoisotopic (exact) mass is 233 g/mol. The van der Waals surface area contributed by atoms with Crippen molar-refractivity contribution in [3.63, 3.8) is 0 Å². The molecule has 1 rings (SSSR count). The maximum Gasteiger partial charge on any atom is 0.313 e. The Bertz CT molecular complexity index is 271. The van der Waals surface area contributed by atoms with Crippen molar-refractivity contribution in [1.29, 1.82) is 0 Å². The fourth-order valence-corrected chi connectivity index (χ4v) is 1.80. The minimum Gasteiger partial charge on any atom is -0.481 e. The van der Waals surface area contributed by atoms with E-state index in [1.807, 2.05) is 6.26 Å². The van der Waals surface area contributed by atoms with Crippen LogP contribution in [-0.2, 0) is 14.3 Å². The zero-order valence-corrected chi connectivity index (χ0v) is 9.60. The van der Waals surface area contributed by atoms with Crippen molar-refractivity contribution in [3.8, 4) is 0 Å². The Morgan fingerprint density at radius 2 is 2.33 bits per heavy atom. The van der Waals surface area contributed by atoms with Crippen LogP contribution < -0.4 is 5.32 Å². The number of rotatable bonds is 4. The van der Waals surface area contributed by atoms with Gasteiger partial charge >= 0.3 is 5.97 Å². The van der Waals surface area contributed by atoms with Gasteiger partial charge in [0.1, 0.15) is 5.41 Å². The molecule has 15 heavy (non-hydrogen) atoms. The van der Waals surface area contributed by atoms with Crippen LogP contribution in [0.4, 0.5) is 0 Å². The molecule has 86 valence electrons. The average Bonchev–Trinajstić information content (AvgIpc) is 2.50. The Kier molecular flexibility index (Phi) is 3.98. The summed E-state index contributed by atoms with van der Waals surface area (Å²) >= 11 is 1.40. The van der Waals surface area contributed by atoms with Crippen LogP contribution in [0.2, 0.25) is 0 Å². The molecule has 0 radical (unpaired) electrons. The first-order valence-corrected chi connectivity index (χ1v) is 5.99. The summed E-state index contributed by atoms with van der Waals surface area (Å²) in [5.41, 5.74) is -1.01. The Balaban J connectivity index is 2.61. The van der Waals surface area contributed by atoms with E-state index in [0.29, 0.717) is 5.75 Å². The van der Waals surface area contributed by atoms with Gasteiger partial charge in [0.15, 0.2) is 0 Å². The van der Waals surface area contributed by atoms with Crippen LogP contribution in [0.15, 0.2) is 0 Å². The molecule has 0 saturated carbocycles. The van der Waals surface area contributed by atoms with Gasteiger partial charge in [0.2, 0.25) is 5.91 Å². The predicted octanol–water partition coefficient (Wildman–Crippen LogP) is -0.0447. The molecule has 2 N–H and O–H groups in total.